The third kappa shape index (κ3) is 19.3. The third-order valence-electron chi connectivity index (χ3n) is 20.1. The van der Waals surface area contributed by atoms with Gasteiger partial charge in [0.15, 0.2) is 0 Å². The zero-order chi connectivity index (χ0) is 71.2. The third-order valence-corrected chi connectivity index (χ3v) is 21.2. The van der Waals surface area contributed by atoms with E-state index in [0.717, 1.165) is 104 Å². The molecule has 2 atom stereocenters. The lowest BCUT2D eigenvalue weighted by atomic mass is 9.72. The first-order chi connectivity index (χ1) is 47.9. The molecular formula is C76H91F7N8O8S. The van der Waals surface area contributed by atoms with Crippen LogP contribution in [0.2, 0.25) is 0 Å². The van der Waals surface area contributed by atoms with Crippen LogP contribution in [0.3, 0.4) is 0 Å². The van der Waals surface area contributed by atoms with E-state index in [1.807, 2.05) is 90.8 Å². The van der Waals surface area contributed by atoms with Crippen LogP contribution in [0, 0.1) is 5.82 Å². The zero-order valence-electron chi connectivity index (χ0n) is 57.4. The number of carbonyl (C=O) groups excluding carboxylic acids is 5. The number of likely N-dealkylation sites (N-methyl/N-ethyl adjacent to an activating group) is 2. The lowest BCUT2D eigenvalue weighted by molar-refractivity contribution is -0.143. The van der Waals surface area contributed by atoms with Crippen molar-refractivity contribution in [1.82, 2.24) is 34.3 Å². The van der Waals surface area contributed by atoms with E-state index in [0.29, 0.717) is 99.6 Å². The van der Waals surface area contributed by atoms with E-state index in [-0.39, 0.29) is 55.6 Å². The predicted octanol–water partition coefficient (Wildman–Crippen LogP) is 13.8. The van der Waals surface area contributed by atoms with Gasteiger partial charge in [-0.15, -0.1) is 11.3 Å². The Morgan fingerprint density at radius 1 is 0.680 bits per heavy atom. The number of fused-ring (bicyclic) bond motifs is 2. The van der Waals surface area contributed by atoms with Crippen molar-refractivity contribution in [1.29, 1.82) is 0 Å². The molecule has 0 radical (unpaired) electrons. The number of halogens is 7. The second kappa shape index (κ2) is 33.8. The maximum absolute atomic E-state index is 14.3. The van der Waals surface area contributed by atoms with E-state index in [1.54, 1.807) is 23.9 Å². The summed E-state index contributed by atoms with van der Waals surface area (Å²) in [5.41, 5.74) is -0.214. The van der Waals surface area contributed by atoms with Gasteiger partial charge in [0, 0.05) is 101 Å². The predicted molar refractivity (Wildman–Crippen MR) is 370 cm³/mol. The molecular weight excluding hydrogens is 1320 g/mol. The molecule has 3 fully saturated rings. The number of ether oxygens (including phenoxy) is 3. The molecule has 1 N–H and O–H groups in total. The Kier molecular flexibility index (Phi) is 25.3. The Bertz CT molecular complexity index is 3700. The van der Waals surface area contributed by atoms with E-state index in [9.17, 15) is 54.7 Å². The summed E-state index contributed by atoms with van der Waals surface area (Å²) in [6.45, 7) is 9.37. The highest BCUT2D eigenvalue weighted by Crippen LogP contribution is 2.49. The van der Waals surface area contributed by atoms with Crippen molar-refractivity contribution < 1.29 is 68.9 Å². The maximum atomic E-state index is 14.3. The average Bonchev–Trinajstić information content (AvgIpc) is 1.58. The van der Waals surface area contributed by atoms with Crippen molar-refractivity contribution in [2.24, 2.45) is 0 Å². The number of amides is 5. The Hall–Kier alpha value is -7.74. The fraction of sp³-hybridized carbons (Fsp3) is 0.487. The second-order valence-corrected chi connectivity index (χ2v) is 28.2. The number of nitrogens with one attached hydrogen (secondary N) is 1. The van der Waals surface area contributed by atoms with Gasteiger partial charge in [-0.2, -0.15) is 26.3 Å². The molecule has 1 aromatic heterocycles. The number of rotatable bonds is 29. The van der Waals surface area contributed by atoms with E-state index < -0.39 is 64.6 Å². The fourth-order valence-corrected chi connectivity index (χ4v) is 15.4. The second-order valence-electron chi connectivity index (χ2n) is 27.0. The van der Waals surface area contributed by atoms with Crippen LogP contribution in [0.1, 0.15) is 130 Å². The van der Waals surface area contributed by atoms with Crippen molar-refractivity contribution >= 4 is 46.7 Å². The van der Waals surface area contributed by atoms with Crippen molar-refractivity contribution in [3.05, 3.63) is 182 Å². The first kappa shape index (κ1) is 74.9. The molecule has 10 rings (SSSR count). The number of para-hydroxylation sites is 1. The number of likely N-dealkylation sites (tertiary alicyclic amines) is 2. The Balaban J connectivity index is 0.616. The van der Waals surface area contributed by atoms with Crippen LogP contribution in [-0.4, -0.2) is 189 Å². The summed E-state index contributed by atoms with van der Waals surface area (Å²) < 4.78 is 116. The standard InChI is InChI=1S/C76H91F7N8O8S/c1-5-35-90(38-15-7-10-23-68(92)86(3)44-45-88-39-30-61(31-40-88)99-72(96)84-65-22-14-12-20-63(65)54-17-8-6-9-18-54)50-62-28-29-66(100-62)71(95)87(4)37-16-36-85(2)69(93)51-97-67-48-55-19-11-13-21-64(55)73(67)32-41-89(42-33-73)43-34-74(57-24-26-60(77)27-25-57)52-91(53-98-74)70(94)56-46-58(75(78,79)80)49-59(47-56)76(81,82)83/h6,8-9,11-14,17-22,24-29,46-47,49,61,67H,5,7,10,15-16,23,30-45,48,50-53H2,1-4H3,(H,84,96)/t67-,74-/m0/s1. The number of benzene rings is 5. The summed E-state index contributed by atoms with van der Waals surface area (Å²) in [7, 11) is 5.38. The van der Waals surface area contributed by atoms with Gasteiger partial charge in [0.2, 0.25) is 11.8 Å². The van der Waals surface area contributed by atoms with E-state index >= 15 is 0 Å². The minimum absolute atomic E-state index is 0.0259. The Morgan fingerprint density at radius 3 is 2.05 bits per heavy atom. The average molecular weight is 1410 g/mol. The van der Waals surface area contributed by atoms with Gasteiger partial charge >= 0.3 is 18.4 Å². The minimum atomic E-state index is -5.15. The van der Waals surface area contributed by atoms with E-state index in [4.69, 9.17) is 14.2 Å². The molecule has 16 nitrogen and oxygen atoms in total. The number of hydrogen-bond acceptors (Lipinski definition) is 12. The molecule has 5 aromatic carbocycles. The molecule has 3 aliphatic heterocycles. The highest BCUT2D eigenvalue weighted by Gasteiger charge is 2.50. The van der Waals surface area contributed by atoms with Crippen LogP contribution in [0.4, 0.5) is 41.2 Å². The highest BCUT2D eigenvalue weighted by atomic mass is 32.1. The Morgan fingerprint density at radius 2 is 1.34 bits per heavy atom. The zero-order valence-corrected chi connectivity index (χ0v) is 58.2. The molecule has 1 aliphatic carbocycles. The topological polar surface area (TPSA) is 148 Å². The molecule has 0 saturated carbocycles. The molecule has 0 unspecified atom stereocenters. The number of thiophene rings is 1. The summed E-state index contributed by atoms with van der Waals surface area (Å²) in [6, 6.07) is 35.9. The minimum Gasteiger partial charge on any atom is -0.446 e. The molecule has 3 saturated heterocycles. The van der Waals surface area contributed by atoms with Crippen molar-refractivity contribution in [2.45, 2.75) is 126 Å². The van der Waals surface area contributed by atoms with Gasteiger partial charge in [-0.25, -0.2) is 9.18 Å². The molecule has 5 amide bonds. The number of hydrogen-bond donors (Lipinski definition) is 1. The van der Waals surface area contributed by atoms with Gasteiger partial charge in [-0.3, -0.25) is 29.4 Å². The summed E-state index contributed by atoms with van der Waals surface area (Å²) in [6.07, 6.45) is -2.81. The number of unbranched alkanes of at least 4 members (excludes halogenated alkanes) is 2. The number of nitrogens with zero attached hydrogens (tertiary/aromatic N) is 7. The number of carbonyl (C=O) groups is 5. The molecule has 4 heterocycles. The van der Waals surface area contributed by atoms with Crippen molar-refractivity contribution in [3.63, 3.8) is 0 Å². The summed E-state index contributed by atoms with van der Waals surface area (Å²) in [5.74, 6) is -1.73. The largest absolute Gasteiger partial charge is 0.446 e. The van der Waals surface area contributed by atoms with Gasteiger partial charge in [0.05, 0.1) is 34.3 Å². The van der Waals surface area contributed by atoms with Gasteiger partial charge in [-0.05, 0) is 161 Å². The first-order valence-corrected chi connectivity index (χ1v) is 35.5. The van der Waals surface area contributed by atoms with E-state index in [2.05, 4.69) is 39.1 Å². The van der Waals surface area contributed by atoms with Gasteiger partial charge in [-0.1, -0.05) is 98.3 Å². The smallest absolute Gasteiger partial charge is 0.416 e. The molecule has 100 heavy (non-hydrogen) atoms. The van der Waals surface area contributed by atoms with Gasteiger partial charge < -0.3 is 43.6 Å². The van der Waals surface area contributed by atoms with Crippen LogP contribution in [-0.2, 0) is 60.1 Å². The van der Waals surface area contributed by atoms with Crippen molar-refractivity contribution in [3.8, 4) is 11.1 Å². The van der Waals surface area contributed by atoms with Crippen LogP contribution in [0.25, 0.3) is 11.1 Å². The van der Waals surface area contributed by atoms with Crippen LogP contribution in [0.5, 0.6) is 0 Å². The van der Waals surface area contributed by atoms with Gasteiger partial charge in [0.25, 0.3) is 11.8 Å². The monoisotopic (exact) mass is 1410 g/mol. The molecule has 1 spiro atoms. The van der Waals surface area contributed by atoms with Crippen LogP contribution in [0.15, 0.2) is 133 Å². The lowest BCUT2D eigenvalue weighted by Gasteiger charge is -2.44. The summed E-state index contributed by atoms with van der Waals surface area (Å²) in [5, 5.41) is 2.94. The van der Waals surface area contributed by atoms with E-state index in [1.165, 1.54) is 41.2 Å². The van der Waals surface area contributed by atoms with Crippen molar-refractivity contribution in [2.75, 3.05) is 118 Å². The molecule has 24 heteroatoms. The molecule has 4 aliphatic rings. The highest BCUT2D eigenvalue weighted by molar-refractivity contribution is 7.14. The number of alkyl halides is 6. The first-order valence-electron chi connectivity index (χ1n) is 34.7. The molecule has 6 aromatic rings. The van der Waals surface area contributed by atoms with Gasteiger partial charge in [0.1, 0.15) is 30.9 Å². The van der Waals surface area contributed by atoms with Crippen LogP contribution >= 0.6 is 11.3 Å². The molecule has 0 bridgehead atoms. The number of anilines is 1. The fourth-order valence-electron chi connectivity index (χ4n) is 14.3. The normalized spacial score (nSPS) is 18.1. The maximum Gasteiger partial charge on any atom is 0.416 e. The Labute approximate surface area is 585 Å². The summed E-state index contributed by atoms with van der Waals surface area (Å²) in [4.78, 5) is 82.2. The summed E-state index contributed by atoms with van der Waals surface area (Å²) >= 11 is 1.50. The quantitative estimate of drug-likeness (QED) is 0.0353. The molecule has 538 valence electrons. The lowest BCUT2D eigenvalue weighted by Crippen LogP contribution is -2.50. The number of piperidine rings is 2. The SMILES string of the molecule is CCCN(CCCCCC(=O)N(C)CCN1CCC(OC(=O)Nc2ccccc2-c2ccccc2)CC1)Cc1ccc(C(=O)N(C)CCCN(C)C(=O)CO[C@H]2Cc3ccccc3C23CCN(CC[C@@]2(c4ccc(F)cc4)CN(C(=O)c4cc(C(F)(F)F)cc(C(F)(F)F)c4)CO2)CC3)s1. The van der Waals surface area contributed by atoms with Crippen LogP contribution < -0.4 is 5.32 Å².